The number of nitrogens with zero attached hydrogens (tertiary/aromatic N) is 1. The van der Waals surface area contributed by atoms with E-state index in [2.05, 4.69) is 5.32 Å². The molecule has 1 N–H and O–H groups in total. The highest BCUT2D eigenvalue weighted by Gasteiger charge is 2.50. The third-order valence-electron chi connectivity index (χ3n) is 6.60. The second-order valence-electron chi connectivity index (χ2n) is 8.68. The van der Waals surface area contributed by atoms with Gasteiger partial charge in [0.05, 0.1) is 0 Å². The van der Waals surface area contributed by atoms with Crippen LogP contribution in [-0.4, -0.2) is 47.7 Å². The summed E-state index contributed by atoms with van der Waals surface area (Å²) >= 11 is 0. The van der Waals surface area contributed by atoms with Gasteiger partial charge in [-0.15, -0.1) is 0 Å². The summed E-state index contributed by atoms with van der Waals surface area (Å²) in [5.41, 5.74) is -0.0845. The molecule has 2 atom stereocenters. The summed E-state index contributed by atoms with van der Waals surface area (Å²) in [6.45, 7) is 0.584. The monoisotopic (exact) mass is 410 g/mol. The zero-order valence-corrected chi connectivity index (χ0v) is 17.3. The van der Waals surface area contributed by atoms with Crippen molar-refractivity contribution in [3.63, 3.8) is 0 Å². The molecule has 0 spiro atoms. The van der Waals surface area contributed by atoms with Crippen molar-refractivity contribution >= 4 is 18.0 Å². The first-order valence-electron chi connectivity index (χ1n) is 11.0. The third kappa shape index (κ3) is 4.33. The molecule has 1 aromatic rings. The van der Waals surface area contributed by atoms with E-state index in [1.165, 1.54) is 0 Å². The van der Waals surface area contributed by atoms with Crippen molar-refractivity contribution in [2.45, 2.75) is 63.1 Å². The SMILES string of the molecule is O=CC(CC1CCCC1)(NC(=O)CCc1ccccc1)N1CCC=C2OCC(=O)C21. The number of hydrogen-bond donors (Lipinski definition) is 1. The molecule has 1 aromatic carbocycles. The van der Waals surface area contributed by atoms with Gasteiger partial charge >= 0.3 is 0 Å². The van der Waals surface area contributed by atoms with E-state index in [1.807, 2.05) is 41.3 Å². The Morgan fingerprint density at radius 1 is 1.23 bits per heavy atom. The van der Waals surface area contributed by atoms with Gasteiger partial charge in [0.25, 0.3) is 0 Å². The van der Waals surface area contributed by atoms with Gasteiger partial charge < -0.3 is 10.1 Å². The average Bonchev–Trinajstić information content (AvgIpc) is 3.42. The smallest absolute Gasteiger partial charge is 0.222 e. The number of ketones is 1. The Hall–Kier alpha value is -2.47. The highest BCUT2D eigenvalue weighted by Crippen LogP contribution is 2.37. The molecular formula is C24H30N2O4. The molecule has 30 heavy (non-hydrogen) atoms. The second kappa shape index (κ2) is 9.13. The lowest BCUT2D eigenvalue weighted by molar-refractivity contribution is -0.139. The average molecular weight is 411 g/mol. The van der Waals surface area contributed by atoms with Crippen molar-refractivity contribution in [3.05, 3.63) is 47.7 Å². The molecule has 0 bridgehead atoms. The van der Waals surface area contributed by atoms with E-state index in [9.17, 15) is 14.4 Å². The van der Waals surface area contributed by atoms with Crippen LogP contribution in [0.4, 0.5) is 0 Å². The first-order valence-corrected chi connectivity index (χ1v) is 11.0. The molecule has 1 saturated carbocycles. The molecule has 160 valence electrons. The molecule has 2 unspecified atom stereocenters. The molecule has 2 heterocycles. The summed E-state index contributed by atoms with van der Waals surface area (Å²) in [4.78, 5) is 40.0. The van der Waals surface area contributed by atoms with E-state index in [0.717, 1.165) is 37.5 Å². The van der Waals surface area contributed by atoms with Crippen molar-refractivity contribution in [1.29, 1.82) is 0 Å². The zero-order chi connectivity index (χ0) is 21.0. The topological polar surface area (TPSA) is 75.7 Å². The van der Waals surface area contributed by atoms with E-state index in [4.69, 9.17) is 4.74 Å². The maximum atomic E-state index is 13.0. The van der Waals surface area contributed by atoms with Gasteiger partial charge in [0.15, 0.2) is 17.7 Å². The van der Waals surface area contributed by atoms with Crippen molar-refractivity contribution < 1.29 is 19.1 Å². The van der Waals surface area contributed by atoms with E-state index >= 15 is 0 Å². The molecule has 2 aliphatic heterocycles. The Kier molecular flexibility index (Phi) is 6.32. The third-order valence-corrected chi connectivity index (χ3v) is 6.60. The number of benzene rings is 1. The number of aldehydes is 1. The molecule has 6 nitrogen and oxygen atoms in total. The molecule has 1 amide bonds. The molecule has 0 radical (unpaired) electrons. The van der Waals surface area contributed by atoms with E-state index in [1.54, 1.807) is 0 Å². The van der Waals surface area contributed by atoms with Gasteiger partial charge in [-0.25, -0.2) is 0 Å². The summed E-state index contributed by atoms with van der Waals surface area (Å²) in [5, 5.41) is 3.06. The molecule has 2 fully saturated rings. The van der Waals surface area contributed by atoms with Gasteiger partial charge in [0, 0.05) is 13.0 Å². The van der Waals surface area contributed by atoms with Crippen LogP contribution in [0.15, 0.2) is 42.2 Å². The van der Waals surface area contributed by atoms with Crippen LogP contribution in [0.3, 0.4) is 0 Å². The Labute approximate surface area is 177 Å². The van der Waals surface area contributed by atoms with Crippen LogP contribution in [0.25, 0.3) is 0 Å². The van der Waals surface area contributed by atoms with E-state index < -0.39 is 11.7 Å². The molecule has 4 rings (SSSR count). The Morgan fingerprint density at radius 2 is 2.00 bits per heavy atom. The highest BCUT2D eigenvalue weighted by molar-refractivity contribution is 5.91. The van der Waals surface area contributed by atoms with Crippen LogP contribution < -0.4 is 5.32 Å². The number of ether oxygens (including phenoxy) is 1. The standard InChI is InChI=1S/C24H30N2O4/c27-17-24(15-19-9-4-5-10-19,25-22(29)13-12-18-7-2-1-3-8-18)26-14-6-11-21-23(26)20(28)16-30-21/h1-3,7-8,11,17,19,23H,4-6,9-10,12-16H2,(H,25,29). The fraction of sp³-hybridized carbons (Fsp3) is 0.542. The van der Waals surface area contributed by atoms with Crippen molar-refractivity contribution in [2.24, 2.45) is 5.92 Å². The van der Waals surface area contributed by atoms with Crippen molar-refractivity contribution in [1.82, 2.24) is 10.2 Å². The predicted octanol–water partition coefficient (Wildman–Crippen LogP) is 2.77. The number of carbonyl (C=O) groups is 3. The number of amides is 1. The van der Waals surface area contributed by atoms with Crippen molar-refractivity contribution in [2.75, 3.05) is 13.2 Å². The number of rotatable bonds is 8. The van der Waals surface area contributed by atoms with E-state index in [-0.39, 0.29) is 18.3 Å². The van der Waals surface area contributed by atoms with Crippen LogP contribution in [0.2, 0.25) is 0 Å². The summed E-state index contributed by atoms with van der Waals surface area (Å²) in [7, 11) is 0. The van der Waals surface area contributed by atoms with Gasteiger partial charge in [0.1, 0.15) is 18.4 Å². The van der Waals surface area contributed by atoms with Crippen LogP contribution >= 0.6 is 0 Å². The quantitative estimate of drug-likeness (QED) is 0.667. The first-order chi connectivity index (χ1) is 14.6. The maximum absolute atomic E-state index is 13.0. The molecular weight excluding hydrogens is 380 g/mol. The van der Waals surface area contributed by atoms with Crippen LogP contribution in [0, 0.1) is 5.92 Å². The summed E-state index contributed by atoms with van der Waals surface area (Å²) in [5.74, 6) is 0.794. The number of aryl methyl sites for hydroxylation is 1. The predicted molar refractivity (Wildman–Crippen MR) is 112 cm³/mol. The van der Waals surface area contributed by atoms with E-state index in [0.29, 0.717) is 43.9 Å². The number of carbonyl (C=O) groups excluding carboxylic acids is 3. The van der Waals surface area contributed by atoms with Gasteiger partial charge in [-0.1, -0.05) is 56.0 Å². The minimum Gasteiger partial charge on any atom is -0.488 e. The van der Waals surface area contributed by atoms with Gasteiger partial charge in [0.2, 0.25) is 5.91 Å². The molecule has 0 aromatic heterocycles. The molecule has 1 saturated heterocycles. The minimum atomic E-state index is -1.17. The second-order valence-corrected chi connectivity index (χ2v) is 8.68. The normalized spacial score (nSPS) is 23.9. The Bertz CT molecular complexity index is 816. The highest BCUT2D eigenvalue weighted by atomic mass is 16.5. The number of nitrogens with one attached hydrogen (secondary N) is 1. The molecule has 3 aliphatic rings. The zero-order valence-electron chi connectivity index (χ0n) is 17.3. The van der Waals surface area contributed by atoms with Crippen LogP contribution in [0.1, 0.15) is 50.5 Å². The summed E-state index contributed by atoms with van der Waals surface area (Å²) in [6, 6.07) is 9.28. The lowest BCUT2D eigenvalue weighted by atomic mass is 9.89. The number of Topliss-reactive ketones (excluding diaryl/α,β-unsaturated/α-hetero) is 1. The Balaban J connectivity index is 1.55. The van der Waals surface area contributed by atoms with Gasteiger partial charge in [-0.05, 0) is 36.8 Å². The fourth-order valence-corrected chi connectivity index (χ4v) is 5.12. The van der Waals surface area contributed by atoms with Gasteiger partial charge in [-0.3, -0.25) is 19.3 Å². The molecule has 6 heteroatoms. The summed E-state index contributed by atoms with van der Waals surface area (Å²) in [6.07, 6.45) is 9.37. The number of fused-ring (bicyclic) bond motifs is 1. The van der Waals surface area contributed by atoms with Crippen LogP contribution in [-0.2, 0) is 25.5 Å². The van der Waals surface area contributed by atoms with Crippen LogP contribution in [0.5, 0.6) is 0 Å². The summed E-state index contributed by atoms with van der Waals surface area (Å²) < 4.78 is 5.56. The number of hydrogen-bond acceptors (Lipinski definition) is 5. The van der Waals surface area contributed by atoms with Gasteiger partial charge in [-0.2, -0.15) is 0 Å². The first kappa shape index (κ1) is 20.8. The van der Waals surface area contributed by atoms with Crippen molar-refractivity contribution in [3.8, 4) is 0 Å². The lowest BCUT2D eigenvalue weighted by Gasteiger charge is -2.45. The Morgan fingerprint density at radius 3 is 2.73 bits per heavy atom. The maximum Gasteiger partial charge on any atom is 0.222 e. The lowest BCUT2D eigenvalue weighted by Crippen LogP contribution is -2.67. The fourth-order valence-electron chi connectivity index (χ4n) is 5.12. The minimum absolute atomic E-state index is 0.0350. The molecule has 1 aliphatic carbocycles. The largest absolute Gasteiger partial charge is 0.488 e.